The number of pyridine rings is 1. The van der Waals surface area contributed by atoms with Crippen molar-refractivity contribution in [3.05, 3.63) is 95.5 Å². The second kappa shape index (κ2) is 6.61. The summed E-state index contributed by atoms with van der Waals surface area (Å²) < 4.78 is 11.5. The molecule has 1 aromatic heterocycles. The third kappa shape index (κ3) is 3.28. The highest BCUT2D eigenvalue weighted by Crippen LogP contribution is 2.35. The van der Waals surface area contributed by atoms with Gasteiger partial charge in [0.05, 0.1) is 5.56 Å². The third-order valence-electron chi connectivity index (χ3n) is 3.89. The fraction of sp³-hybridized carbons (Fsp3) is 0.0476. The number of hydrogen-bond acceptors (Lipinski definition) is 4. The molecule has 122 valence electrons. The summed E-state index contributed by atoms with van der Waals surface area (Å²) in [6.07, 6.45) is 5.07. The minimum atomic E-state index is -0.124. The second-order valence-corrected chi connectivity index (χ2v) is 5.65. The van der Waals surface area contributed by atoms with Gasteiger partial charge in [-0.15, -0.1) is 0 Å². The fourth-order valence-electron chi connectivity index (χ4n) is 2.61. The van der Waals surface area contributed by atoms with Crippen LogP contribution in [0.1, 0.15) is 21.5 Å². The molecule has 4 nitrogen and oxygen atoms in total. The Morgan fingerprint density at radius 1 is 1.00 bits per heavy atom. The number of ketones is 1. The average Bonchev–Trinajstić information content (AvgIpc) is 2.97. The average molecular weight is 329 g/mol. The van der Waals surface area contributed by atoms with Crippen molar-refractivity contribution in [1.82, 2.24) is 4.98 Å². The van der Waals surface area contributed by atoms with Gasteiger partial charge in [-0.2, -0.15) is 0 Å². The second-order valence-electron chi connectivity index (χ2n) is 5.65. The topological polar surface area (TPSA) is 48.4 Å². The summed E-state index contributed by atoms with van der Waals surface area (Å²) in [5, 5.41) is 0. The van der Waals surface area contributed by atoms with Gasteiger partial charge in [0.2, 0.25) is 5.78 Å². The number of Topliss-reactive ketones (excluding diaryl/α,β-unsaturated/α-hetero) is 1. The lowest BCUT2D eigenvalue weighted by Crippen LogP contribution is -1.98. The Balaban J connectivity index is 1.52. The molecule has 0 N–H and O–H groups in total. The molecule has 25 heavy (non-hydrogen) atoms. The number of rotatable bonds is 4. The summed E-state index contributed by atoms with van der Waals surface area (Å²) in [5.74, 6) is 1.37. The van der Waals surface area contributed by atoms with E-state index in [0.29, 0.717) is 29.4 Å². The summed E-state index contributed by atoms with van der Waals surface area (Å²) in [6, 6.07) is 18.8. The van der Waals surface area contributed by atoms with Crippen molar-refractivity contribution in [2.75, 3.05) is 0 Å². The largest absolute Gasteiger partial charge is 0.489 e. The first-order valence-corrected chi connectivity index (χ1v) is 7.95. The van der Waals surface area contributed by atoms with Crippen LogP contribution in [-0.4, -0.2) is 10.8 Å². The summed E-state index contributed by atoms with van der Waals surface area (Å²) >= 11 is 0. The van der Waals surface area contributed by atoms with Gasteiger partial charge in [-0.25, -0.2) is 0 Å². The first-order chi connectivity index (χ1) is 12.3. The van der Waals surface area contributed by atoms with Crippen LogP contribution in [0, 0.1) is 0 Å². The molecular weight excluding hydrogens is 314 g/mol. The third-order valence-corrected chi connectivity index (χ3v) is 3.89. The van der Waals surface area contributed by atoms with Crippen LogP contribution in [0.4, 0.5) is 0 Å². The van der Waals surface area contributed by atoms with Crippen molar-refractivity contribution in [2.24, 2.45) is 0 Å². The van der Waals surface area contributed by atoms with Crippen LogP contribution < -0.4 is 9.47 Å². The molecule has 2 aromatic carbocycles. The Bertz CT molecular complexity index is 934. The molecule has 0 aliphatic carbocycles. The normalized spacial score (nSPS) is 14.2. The molecule has 4 heteroatoms. The fourth-order valence-corrected chi connectivity index (χ4v) is 2.61. The summed E-state index contributed by atoms with van der Waals surface area (Å²) in [5.41, 5.74) is 2.50. The highest BCUT2D eigenvalue weighted by molar-refractivity contribution is 6.14. The molecule has 3 aromatic rings. The maximum Gasteiger partial charge on any atom is 0.231 e. The lowest BCUT2D eigenvalue weighted by Gasteiger charge is -2.07. The van der Waals surface area contributed by atoms with Gasteiger partial charge in [0, 0.05) is 18.5 Å². The first kappa shape index (κ1) is 15.1. The van der Waals surface area contributed by atoms with Gasteiger partial charge in [-0.05, 0) is 41.5 Å². The number of carbonyl (C=O) groups excluding carboxylic acids is 1. The predicted octanol–water partition coefficient (Wildman–Crippen LogP) is 4.28. The monoisotopic (exact) mass is 329 g/mol. The van der Waals surface area contributed by atoms with E-state index in [4.69, 9.17) is 9.47 Å². The van der Waals surface area contributed by atoms with Gasteiger partial charge >= 0.3 is 0 Å². The minimum Gasteiger partial charge on any atom is -0.489 e. The maximum absolute atomic E-state index is 12.4. The molecule has 0 fully saturated rings. The molecule has 2 heterocycles. The number of carbonyl (C=O) groups is 1. The van der Waals surface area contributed by atoms with E-state index in [0.717, 1.165) is 11.1 Å². The van der Waals surface area contributed by atoms with E-state index in [9.17, 15) is 4.79 Å². The van der Waals surface area contributed by atoms with Crippen LogP contribution in [0.15, 0.2) is 78.8 Å². The molecule has 1 aliphatic heterocycles. The lowest BCUT2D eigenvalue weighted by molar-refractivity contribution is 0.101. The van der Waals surface area contributed by atoms with E-state index < -0.39 is 0 Å². The Kier molecular flexibility index (Phi) is 4.01. The van der Waals surface area contributed by atoms with E-state index in [1.807, 2.05) is 42.5 Å². The van der Waals surface area contributed by atoms with Crippen molar-refractivity contribution in [1.29, 1.82) is 0 Å². The predicted molar refractivity (Wildman–Crippen MR) is 94.4 cm³/mol. The molecule has 0 unspecified atom stereocenters. The highest BCUT2D eigenvalue weighted by atomic mass is 16.5. The van der Waals surface area contributed by atoms with Crippen LogP contribution >= 0.6 is 0 Å². The number of nitrogens with zero attached hydrogens (tertiary/aromatic N) is 1. The molecule has 0 amide bonds. The quantitative estimate of drug-likeness (QED) is 0.671. The minimum absolute atomic E-state index is 0.124. The number of aromatic nitrogens is 1. The Morgan fingerprint density at radius 3 is 2.60 bits per heavy atom. The van der Waals surface area contributed by atoms with Crippen molar-refractivity contribution in [2.45, 2.75) is 6.61 Å². The van der Waals surface area contributed by atoms with Gasteiger partial charge in [0.1, 0.15) is 18.1 Å². The summed E-state index contributed by atoms with van der Waals surface area (Å²) in [4.78, 5) is 16.4. The number of hydrogen-bond donors (Lipinski definition) is 0. The van der Waals surface area contributed by atoms with E-state index in [1.54, 1.807) is 36.7 Å². The molecule has 1 aliphatic rings. The number of fused-ring (bicyclic) bond motifs is 1. The molecule has 4 rings (SSSR count). The van der Waals surface area contributed by atoms with E-state index in [1.165, 1.54) is 0 Å². The SMILES string of the molecule is O=C1C(=Cc2ccncc2)Oc2cc(OCc3ccccc3)ccc21. The van der Waals surface area contributed by atoms with E-state index >= 15 is 0 Å². The van der Waals surface area contributed by atoms with Crippen molar-refractivity contribution in [3.63, 3.8) is 0 Å². The van der Waals surface area contributed by atoms with Gasteiger partial charge in [0.15, 0.2) is 5.76 Å². The zero-order chi connectivity index (χ0) is 17.1. The van der Waals surface area contributed by atoms with Crippen LogP contribution in [0.3, 0.4) is 0 Å². The highest BCUT2D eigenvalue weighted by Gasteiger charge is 2.27. The summed E-state index contributed by atoms with van der Waals surface area (Å²) in [6.45, 7) is 0.466. The van der Waals surface area contributed by atoms with E-state index in [-0.39, 0.29) is 5.78 Å². The zero-order valence-corrected chi connectivity index (χ0v) is 13.4. The maximum atomic E-state index is 12.4. The zero-order valence-electron chi connectivity index (χ0n) is 13.4. The van der Waals surface area contributed by atoms with Crippen LogP contribution in [0.2, 0.25) is 0 Å². The van der Waals surface area contributed by atoms with Crippen molar-refractivity contribution < 1.29 is 14.3 Å². The van der Waals surface area contributed by atoms with Crippen LogP contribution in [0.25, 0.3) is 6.08 Å². The smallest absolute Gasteiger partial charge is 0.231 e. The molecular formula is C21H15NO3. The Morgan fingerprint density at radius 2 is 1.80 bits per heavy atom. The molecule has 0 spiro atoms. The number of ether oxygens (including phenoxy) is 2. The number of benzene rings is 2. The first-order valence-electron chi connectivity index (χ1n) is 7.95. The molecule has 0 saturated carbocycles. The molecule has 0 atom stereocenters. The standard InChI is InChI=1S/C21H15NO3/c23-21-18-7-6-17(24-14-16-4-2-1-3-5-16)13-19(18)25-20(21)12-15-8-10-22-11-9-15/h1-13H,14H2. The van der Waals surface area contributed by atoms with Crippen molar-refractivity contribution in [3.8, 4) is 11.5 Å². The molecule has 0 radical (unpaired) electrons. The van der Waals surface area contributed by atoms with Crippen LogP contribution in [-0.2, 0) is 6.61 Å². The van der Waals surface area contributed by atoms with Gasteiger partial charge < -0.3 is 9.47 Å². The van der Waals surface area contributed by atoms with Gasteiger partial charge in [-0.3, -0.25) is 9.78 Å². The molecule has 0 bridgehead atoms. The van der Waals surface area contributed by atoms with Crippen LogP contribution in [0.5, 0.6) is 11.5 Å². The number of allylic oxidation sites excluding steroid dienone is 1. The van der Waals surface area contributed by atoms with Gasteiger partial charge in [-0.1, -0.05) is 30.3 Å². The van der Waals surface area contributed by atoms with Crippen molar-refractivity contribution >= 4 is 11.9 Å². The van der Waals surface area contributed by atoms with E-state index in [2.05, 4.69) is 4.98 Å². The Hall–Kier alpha value is -3.40. The Labute approximate surface area is 145 Å². The molecule has 0 saturated heterocycles. The van der Waals surface area contributed by atoms with Gasteiger partial charge in [0.25, 0.3) is 0 Å². The lowest BCUT2D eigenvalue weighted by atomic mass is 10.1. The summed E-state index contributed by atoms with van der Waals surface area (Å²) in [7, 11) is 0.